The van der Waals surface area contributed by atoms with Crippen molar-refractivity contribution in [3.63, 3.8) is 0 Å². The van der Waals surface area contributed by atoms with E-state index >= 15 is 0 Å². The maximum Gasteiger partial charge on any atom is 0.237 e. The maximum absolute atomic E-state index is 11.9. The van der Waals surface area contributed by atoms with Gasteiger partial charge in [-0.25, -0.2) is 9.97 Å². The first kappa shape index (κ1) is 13.9. The number of nitrogens with two attached hydrogens (primary N) is 1. The topological polar surface area (TPSA) is 130 Å². The molecule has 8 heteroatoms. The van der Waals surface area contributed by atoms with Crippen molar-refractivity contribution in [2.75, 3.05) is 0 Å². The Morgan fingerprint density at radius 1 is 1.25 bits per heavy atom. The summed E-state index contributed by atoms with van der Waals surface area (Å²) in [6.45, 7) is 0. The van der Waals surface area contributed by atoms with Crippen LogP contribution in [0.25, 0.3) is 0 Å². The molecule has 0 saturated heterocycles. The van der Waals surface area contributed by atoms with E-state index in [9.17, 15) is 9.59 Å². The Balaban J connectivity index is 1.86. The number of hydrogen-bond donors (Lipinski definition) is 4. The molecule has 0 aromatic carbocycles. The van der Waals surface area contributed by atoms with Gasteiger partial charge in [0.2, 0.25) is 12.2 Å². The molecule has 2 aromatic rings. The molecule has 2 atom stereocenters. The Bertz CT molecular complexity index is 536. The van der Waals surface area contributed by atoms with Gasteiger partial charge in [0.1, 0.15) is 6.04 Å². The van der Waals surface area contributed by atoms with Gasteiger partial charge >= 0.3 is 0 Å². The van der Waals surface area contributed by atoms with Crippen LogP contribution in [0, 0.1) is 0 Å². The van der Waals surface area contributed by atoms with Crippen molar-refractivity contribution in [2.45, 2.75) is 24.9 Å². The second-order valence-electron chi connectivity index (χ2n) is 4.35. The molecule has 5 N–H and O–H groups in total. The van der Waals surface area contributed by atoms with Crippen LogP contribution in [0.5, 0.6) is 0 Å². The van der Waals surface area contributed by atoms with Crippen LogP contribution in [0.15, 0.2) is 25.0 Å². The number of imidazole rings is 2. The molecule has 0 unspecified atom stereocenters. The van der Waals surface area contributed by atoms with Crippen molar-refractivity contribution in [1.29, 1.82) is 0 Å². The Kier molecular flexibility index (Phi) is 4.61. The van der Waals surface area contributed by atoms with E-state index in [2.05, 4.69) is 25.3 Å². The lowest BCUT2D eigenvalue weighted by atomic mass is 10.1. The second-order valence-corrected chi connectivity index (χ2v) is 4.35. The van der Waals surface area contributed by atoms with Crippen LogP contribution in [-0.2, 0) is 22.4 Å². The molecular weight excluding hydrogens is 260 g/mol. The minimum atomic E-state index is -0.756. The Morgan fingerprint density at radius 3 is 2.35 bits per heavy atom. The number of carbonyl (C=O) groups is 1. The largest absolute Gasteiger partial charge is 0.348 e. The second kappa shape index (κ2) is 6.62. The van der Waals surface area contributed by atoms with Crippen LogP contribution in [0.1, 0.15) is 11.4 Å². The summed E-state index contributed by atoms with van der Waals surface area (Å²) in [4.78, 5) is 36.2. The fourth-order valence-electron chi connectivity index (χ4n) is 1.74. The predicted molar refractivity (Wildman–Crippen MR) is 70.2 cm³/mol. The van der Waals surface area contributed by atoms with Crippen molar-refractivity contribution in [2.24, 2.45) is 5.73 Å². The van der Waals surface area contributed by atoms with Crippen LogP contribution < -0.4 is 11.1 Å². The van der Waals surface area contributed by atoms with Crippen LogP contribution >= 0.6 is 0 Å². The number of nitrogens with zero attached hydrogens (tertiary/aromatic N) is 2. The first-order valence-corrected chi connectivity index (χ1v) is 6.07. The van der Waals surface area contributed by atoms with Gasteiger partial charge in [0.15, 0.2) is 0 Å². The zero-order valence-electron chi connectivity index (χ0n) is 10.7. The SMILES string of the molecule is N[C@@H](Cc1cnc[nH]1)C(=O)N[C@H]([C]=O)Cc1cnc[nH]1. The van der Waals surface area contributed by atoms with Gasteiger partial charge < -0.3 is 21.0 Å². The van der Waals surface area contributed by atoms with E-state index in [1.54, 1.807) is 18.7 Å². The molecule has 20 heavy (non-hydrogen) atoms. The molecular formula is C12H15N6O2. The maximum atomic E-state index is 11.9. The van der Waals surface area contributed by atoms with Gasteiger partial charge in [-0.15, -0.1) is 0 Å². The van der Waals surface area contributed by atoms with Gasteiger partial charge in [0.05, 0.1) is 18.7 Å². The molecule has 0 fully saturated rings. The van der Waals surface area contributed by atoms with E-state index in [0.29, 0.717) is 12.8 Å². The first-order valence-electron chi connectivity index (χ1n) is 6.07. The van der Waals surface area contributed by atoms with Gasteiger partial charge in [0.25, 0.3) is 0 Å². The van der Waals surface area contributed by atoms with Crippen LogP contribution in [0.2, 0.25) is 0 Å². The first-order chi connectivity index (χ1) is 9.69. The molecule has 0 aliphatic rings. The molecule has 1 radical (unpaired) electrons. The van der Waals surface area contributed by atoms with Crippen LogP contribution in [0.4, 0.5) is 0 Å². The fourth-order valence-corrected chi connectivity index (χ4v) is 1.74. The standard InChI is InChI=1S/C12H15N6O2/c13-11(2-9-4-15-7-17-9)12(20)18-10(5-19)1-8-3-14-6-16-8/h3-4,6-7,10-11H,1-2,13H2,(H,14,16)(H,15,17)(H,18,20)/t10-,11-/m0/s1. The van der Waals surface area contributed by atoms with Crippen LogP contribution in [0.3, 0.4) is 0 Å². The highest BCUT2D eigenvalue weighted by Gasteiger charge is 2.19. The summed E-state index contributed by atoms with van der Waals surface area (Å²) in [5.41, 5.74) is 7.27. The predicted octanol–water partition coefficient (Wildman–Crippen LogP) is -1.16. The Labute approximate surface area is 115 Å². The number of nitrogens with one attached hydrogen (secondary N) is 3. The van der Waals surface area contributed by atoms with Crippen molar-refractivity contribution in [3.8, 4) is 0 Å². The lowest BCUT2D eigenvalue weighted by molar-refractivity contribution is -0.122. The number of amides is 1. The average molecular weight is 275 g/mol. The molecule has 0 spiro atoms. The smallest absolute Gasteiger partial charge is 0.237 e. The van der Waals surface area contributed by atoms with Crippen molar-refractivity contribution < 1.29 is 9.59 Å². The number of hydrogen-bond acceptors (Lipinski definition) is 5. The van der Waals surface area contributed by atoms with E-state index in [0.717, 1.165) is 11.4 Å². The normalized spacial score (nSPS) is 13.7. The number of aromatic nitrogens is 4. The van der Waals surface area contributed by atoms with E-state index < -0.39 is 18.0 Å². The monoisotopic (exact) mass is 275 g/mol. The van der Waals surface area contributed by atoms with E-state index in [-0.39, 0.29) is 0 Å². The minimum Gasteiger partial charge on any atom is -0.348 e. The number of H-pyrrole nitrogens is 2. The summed E-state index contributed by atoms with van der Waals surface area (Å²) in [6.07, 6.45) is 8.60. The Hall–Kier alpha value is -2.48. The number of carbonyl (C=O) groups excluding carboxylic acids is 2. The third kappa shape index (κ3) is 3.75. The molecule has 2 heterocycles. The minimum absolute atomic E-state index is 0.298. The summed E-state index contributed by atoms with van der Waals surface area (Å²) in [6, 6.07) is -1.51. The molecule has 105 valence electrons. The summed E-state index contributed by atoms with van der Waals surface area (Å²) < 4.78 is 0. The van der Waals surface area contributed by atoms with Gasteiger partial charge in [-0.3, -0.25) is 9.59 Å². The van der Waals surface area contributed by atoms with Crippen LogP contribution in [-0.4, -0.2) is 44.2 Å². The summed E-state index contributed by atoms with van der Waals surface area (Å²) >= 11 is 0. The molecule has 0 aliphatic heterocycles. The average Bonchev–Trinajstić information content (AvgIpc) is 3.11. The molecule has 2 rings (SSSR count). The highest BCUT2D eigenvalue weighted by atomic mass is 16.2. The third-order valence-corrected chi connectivity index (χ3v) is 2.77. The van der Waals surface area contributed by atoms with Gasteiger partial charge in [0, 0.05) is 36.6 Å². The summed E-state index contributed by atoms with van der Waals surface area (Å²) in [5.74, 6) is -0.410. The van der Waals surface area contributed by atoms with Gasteiger partial charge in [-0.05, 0) is 0 Å². The van der Waals surface area contributed by atoms with Crippen molar-refractivity contribution in [1.82, 2.24) is 25.3 Å². The molecule has 0 bridgehead atoms. The quantitative estimate of drug-likeness (QED) is 0.506. The highest BCUT2D eigenvalue weighted by molar-refractivity contribution is 5.84. The molecule has 0 aliphatic carbocycles. The van der Waals surface area contributed by atoms with E-state index in [1.165, 1.54) is 12.7 Å². The lowest BCUT2D eigenvalue weighted by Crippen LogP contribution is -2.47. The Morgan fingerprint density at radius 2 is 1.85 bits per heavy atom. The summed E-state index contributed by atoms with van der Waals surface area (Å²) in [5, 5.41) is 2.55. The highest BCUT2D eigenvalue weighted by Crippen LogP contribution is 1.99. The van der Waals surface area contributed by atoms with E-state index in [4.69, 9.17) is 5.73 Å². The number of aromatic amines is 2. The zero-order valence-corrected chi connectivity index (χ0v) is 10.7. The number of rotatable bonds is 7. The van der Waals surface area contributed by atoms with Crippen molar-refractivity contribution in [3.05, 3.63) is 36.4 Å². The summed E-state index contributed by atoms with van der Waals surface area (Å²) in [7, 11) is 0. The molecule has 2 aromatic heterocycles. The van der Waals surface area contributed by atoms with Gasteiger partial charge in [-0.1, -0.05) is 0 Å². The fraction of sp³-hybridized carbons (Fsp3) is 0.333. The molecule has 8 nitrogen and oxygen atoms in total. The van der Waals surface area contributed by atoms with Gasteiger partial charge in [-0.2, -0.15) is 0 Å². The third-order valence-electron chi connectivity index (χ3n) is 2.77. The molecule has 0 saturated carbocycles. The lowest BCUT2D eigenvalue weighted by Gasteiger charge is -2.15. The van der Waals surface area contributed by atoms with E-state index in [1.807, 2.05) is 0 Å². The molecule has 1 amide bonds. The van der Waals surface area contributed by atoms with Crippen molar-refractivity contribution >= 4 is 12.2 Å². The zero-order chi connectivity index (χ0) is 14.4.